The van der Waals surface area contributed by atoms with Crippen LogP contribution in [-0.2, 0) is 11.3 Å². The first-order valence-electron chi connectivity index (χ1n) is 6.29. The highest BCUT2D eigenvalue weighted by atomic mass is 19.1. The van der Waals surface area contributed by atoms with Crippen LogP contribution < -0.4 is 5.32 Å². The average Bonchev–Trinajstić information content (AvgIpc) is 2.42. The Morgan fingerprint density at radius 3 is 3.00 bits per heavy atom. The van der Waals surface area contributed by atoms with E-state index in [1.165, 1.54) is 18.9 Å². The molecule has 4 heteroatoms. The van der Waals surface area contributed by atoms with Gasteiger partial charge in [0.25, 0.3) is 0 Å². The average molecular weight is 248 g/mol. The van der Waals surface area contributed by atoms with Crippen molar-refractivity contribution in [3.05, 3.63) is 35.1 Å². The number of hydrogen-bond donors (Lipinski definition) is 1. The molecule has 3 nitrogen and oxygen atoms in total. The van der Waals surface area contributed by atoms with Gasteiger partial charge in [-0.1, -0.05) is 12.5 Å². The van der Waals surface area contributed by atoms with E-state index in [4.69, 9.17) is 10.00 Å². The van der Waals surface area contributed by atoms with Crippen LogP contribution in [0.1, 0.15) is 30.4 Å². The molecule has 0 spiro atoms. The first-order valence-corrected chi connectivity index (χ1v) is 6.29. The molecule has 0 aromatic heterocycles. The Balaban J connectivity index is 1.81. The fourth-order valence-electron chi connectivity index (χ4n) is 2.11. The molecule has 0 bridgehead atoms. The highest BCUT2D eigenvalue weighted by Crippen LogP contribution is 2.12. The molecule has 1 atom stereocenters. The lowest BCUT2D eigenvalue weighted by molar-refractivity contribution is 0.0893. The van der Waals surface area contributed by atoms with E-state index in [9.17, 15) is 4.39 Å². The van der Waals surface area contributed by atoms with Gasteiger partial charge in [0, 0.05) is 11.6 Å². The number of benzene rings is 1. The second-order valence-electron chi connectivity index (χ2n) is 4.58. The molecule has 96 valence electrons. The van der Waals surface area contributed by atoms with E-state index in [1.807, 2.05) is 6.07 Å². The molecule has 1 aromatic carbocycles. The van der Waals surface area contributed by atoms with Crippen molar-refractivity contribution in [3.8, 4) is 6.07 Å². The molecule has 2 rings (SSSR count). The number of rotatable bonds is 4. The maximum atomic E-state index is 13.6. The van der Waals surface area contributed by atoms with E-state index in [0.29, 0.717) is 23.8 Å². The maximum Gasteiger partial charge on any atom is 0.130 e. The number of nitrogens with zero attached hydrogens (tertiary/aromatic N) is 1. The third-order valence-electron chi connectivity index (χ3n) is 3.17. The summed E-state index contributed by atoms with van der Waals surface area (Å²) < 4.78 is 19.1. The van der Waals surface area contributed by atoms with Crippen molar-refractivity contribution in [1.82, 2.24) is 5.32 Å². The van der Waals surface area contributed by atoms with E-state index in [0.717, 1.165) is 13.0 Å². The van der Waals surface area contributed by atoms with Gasteiger partial charge in [-0.2, -0.15) is 5.26 Å². The first-order chi connectivity index (χ1) is 8.79. The van der Waals surface area contributed by atoms with Crippen LogP contribution in [0.25, 0.3) is 0 Å². The largest absolute Gasteiger partial charge is 0.375 e. The quantitative estimate of drug-likeness (QED) is 0.889. The van der Waals surface area contributed by atoms with Gasteiger partial charge in [-0.05, 0) is 31.5 Å². The molecular formula is C14H17FN2O. The van der Waals surface area contributed by atoms with E-state index in [2.05, 4.69) is 5.32 Å². The SMILES string of the molecule is N#Cc1ccc(COCC2CCCCN2)c(F)c1. The smallest absolute Gasteiger partial charge is 0.130 e. The summed E-state index contributed by atoms with van der Waals surface area (Å²) in [5.41, 5.74) is 0.843. The molecule has 0 aliphatic carbocycles. The molecular weight excluding hydrogens is 231 g/mol. The van der Waals surface area contributed by atoms with Crippen molar-refractivity contribution < 1.29 is 9.13 Å². The summed E-state index contributed by atoms with van der Waals surface area (Å²) in [5, 5.41) is 12.0. The lowest BCUT2D eigenvalue weighted by atomic mass is 10.1. The van der Waals surface area contributed by atoms with E-state index >= 15 is 0 Å². The number of nitriles is 1. The Hall–Kier alpha value is -1.44. The number of halogens is 1. The minimum Gasteiger partial charge on any atom is -0.375 e. The summed E-state index contributed by atoms with van der Waals surface area (Å²) in [6, 6.07) is 6.77. The number of ether oxygens (including phenoxy) is 1. The number of hydrogen-bond acceptors (Lipinski definition) is 3. The summed E-state index contributed by atoms with van der Waals surface area (Å²) in [6.07, 6.45) is 3.57. The fraction of sp³-hybridized carbons (Fsp3) is 0.500. The first kappa shape index (κ1) is 13.0. The molecule has 18 heavy (non-hydrogen) atoms. The monoisotopic (exact) mass is 248 g/mol. The molecule has 1 aromatic rings. The summed E-state index contributed by atoms with van der Waals surface area (Å²) in [5.74, 6) is -0.370. The summed E-state index contributed by atoms with van der Waals surface area (Å²) in [4.78, 5) is 0. The van der Waals surface area contributed by atoms with Crippen molar-refractivity contribution >= 4 is 0 Å². The van der Waals surface area contributed by atoms with Crippen LogP contribution in [0.15, 0.2) is 18.2 Å². The topological polar surface area (TPSA) is 45.0 Å². The predicted octanol–water partition coefficient (Wildman–Crippen LogP) is 2.36. The molecule has 1 N–H and O–H groups in total. The molecule has 1 heterocycles. The van der Waals surface area contributed by atoms with Gasteiger partial charge in [0.15, 0.2) is 0 Å². The van der Waals surface area contributed by atoms with Crippen molar-refractivity contribution in [1.29, 1.82) is 5.26 Å². The van der Waals surface area contributed by atoms with Gasteiger partial charge in [0.2, 0.25) is 0 Å². The van der Waals surface area contributed by atoms with Gasteiger partial charge in [-0.25, -0.2) is 4.39 Å². The third kappa shape index (κ3) is 3.52. The van der Waals surface area contributed by atoms with E-state index in [1.54, 1.807) is 12.1 Å². The van der Waals surface area contributed by atoms with Gasteiger partial charge in [-0.3, -0.25) is 0 Å². The highest BCUT2D eigenvalue weighted by molar-refractivity contribution is 5.32. The van der Waals surface area contributed by atoms with Gasteiger partial charge in [0.05, 0.1) is 24.8 Å². The second-order valence-corrected chi connectivity index (χ2v) is 4.58. The van der Waals surface area contributed by atoms with Crippen LogP contribution in [0.4, 0.5) is 4.39 Å². The Morgan fingerprint density at radius 1 is 1.44 bits per heavy atom. The van der Waals surface area contributed by atoms with Crippen molar-refractivity contribution in [2.24, 2.45) is 0 Å². The summed E-state index contributed by atoms with van der Waals surface area (Å²) in [6.45, 7) is 1.91. The zero-order valence-electron chi connectivity index (χ0n) is 10.3. The third-order valence-corrected chi connectivity index (χ3v) is 3.17. The molecule has 1 aliphatic rings. The lowest BCUT2D eigenvalue weighted by Gasteiger charge is -2.23. The molecule has 0 saturated carbocycles. The molecule has 1 unspecified atom stereocenters. The highest BCUT2D eigenvalue weighted by Gasteiger charge is 2.12. The van der Waals surface area contributed by atoms with Gasteiger partial charge >= 0.3 is 0 Å². The Kier molecular flexibility index (Phi) is 4.68. The van der Waals surface area contributed by atoms with Crippen molar-refractivity contribution in [2.45, 2.75) is 31.9 Å². The van der Waals surface area contributed by atoms with Crippen LogP contribution in [-0.4, -0.2) is 19.2 Å². The minimum atomic E-state index is -0.370. The van der Waals surface area contributed by atoms with E-state index < -0.39 is 0 Å². The normalized spacial score (nSPS) is 19.4. The van der Waals surface area contributed by atoms with Crippen LogP contribution in [0.3, 0.4) is 0 Å². The Bertz CT molecular complexity index is 436. The van der Waals surface area contributed by atoms with Gasteiger partial charge in [0.1, 0.15) is 5.82 Å². The van der Waals surface area contributed by atoms with Crippen LogP contribution in [0.2, 0.25) is 0 Å². The van der Waals surface area contributed by atoms with Crippen molar-refractivity contribution in [3.63, 3.8) is 0 Å². The Labute approximate surface area is 107 Å². The Morgan fingerprint density at radius 2 is 2.33 bits per heavy atom. The number of nitrogens with one attached hydrogen (secondary N) is 1. The molecule has 1 fully saturated rings. The molecule has 0 amide bonds. The molecule has 1 aliphatic heterocycles. The molecule has 1 saturated heterocycles. The van der Waals surface area contributed by atoms with Crippen LogP contribution in [0, 0.1) is 17.1 Å². The lowest BCUT2D eigenvalue weighted by Crippen LogP contribution is -2.37. The number of piperidine rings is 1. The maximum absolute atomic E-state index is 13.6. The minimum absolute atomic E-state index is 0.260. The van der Waals surface area contributed by atoms with Gasteiger partial charge in [-0.15, -0.1) is 0 Å². The van der Waals surface area contributed by atoms with Crippen LogP contribution >= 0.6 is 0 Å². The van der Waals surface area contributed by atoms with Crippen LogP contribution in [0.5, 0.6) is 0 Å². The standard InChI is InChI=1S/C14H17FN2O/c15-14-7-11(8-16)4-5-12(14)9-18-10-13-3-1-2-6-17-13/h4-5,7,13,17H,1-3,6,9-10H2. The fourth-order valence-corrected chi connectivity index (χ4v) is 2.11. The second kappa shape index (κ2) is 6.48. The predicted molar refractivity (Wildman–Crippen MR) is 66.4 cm³/mol. The summed E-state index contributed by atoms with van der Waals surface area (Å²) in [7, 11) is 0. The zero-order valence-corrected chi connectivity index (χ0v) is 10.3. The van der Waals surface area contributed by atoms with E-state index in [-0.39, 0.29) is 12.4 Å². The summed E-state index contributed by atoms with van der Waals surface area (Å²) >= 11 is 0. The van der Waals surface area contributed by atoms with Gasteiger partial charge < -0.3 is 10.1 Å². The molecule has 0 radical (unpaired) electrons. The van der Waals surface area contributed by atoms with Crippen molar-refractivity contribution in [2.75, 3.05) is 13.2 Å². The zero-order chi connectivity index (χ0) is 12.8.